The predicted molar refractivity (Wildman–Crippen MR) is 111 cm³/mol. The number of hydrogen-bond acceptors (Lipinski definition) is 5. The zero-order chi connectivity index (χ0) is 18.6. The number of nitrogens with zero attached hydrogens (tertiary/aromatic N) is 3. The van der Waals surface area contributed by atoms with Crippen molar-refractivity contribution in [3.05, 3.63) is 88.2 Å². The quantitative estimate of drug-likeness (QED) is 0.666. The monoisotopic (exact) mass is 420 g/mol. The van der Waals surface area contributed by atoms with Crippen LogP contribution in [0.1, 0.15) is 23.6 Å². The van der Waals surface area contributed by atoms with Gasteiger partial charge in [-0.2, -0.15) is 5.10 Å². The van der Waals surface area contributed by atoms with E-state index in [4.69, 9.17) is 9.73 Å². The number of ether oxygens (including phenoxy) is 1. The van der Waals surface area contributed by atoms with Crippen LogP contribution in [0.2, 0.25) is 0 Å². The third-order valence-electron chi connectivity index (χ3n) is 4.09. The van der Waals surface area contributed by atoms with Crippen LogP contribution in [0.25, 0.3) is 0 Å². The van der Waals surface area contributed by atoms with E-state index in [0.29, 0.717) is 12.4 Å². The molecule has 0 unspecified atom stereocenters. The van der Waals surface area contributed by atoms with Crippen LogP contribution in [-0.2, 0) is 0 Å². The summed E-state index contributed by atoms with van der Waals surface area (Å²) in [5, 5.41) is 4.64. The number of fused-ring (bicyclic) bond motifs is 1. The average molecular weight is 421 g/mol. The van der Waals surface area contributed by atoms with Gasteiger partial charge in [0.25, 0.3) is 0 Å². The first-order chi connectivity index (χ1) is 13.2. The third kappa shape index (κ3) is 3.75. The number of aliphatic imine (C=N–C) groups is 1. The summed E-state index contributed by atoms with van der Waals surface area (Å²) in [5.74, 6) is 1.51. The normalized spacial score (nSPS) is 13.0. The first kappa shape index (κ1) is 17.4. The molecule has 0 spiro atoms. The van der Waals surface area contributed by atoms with Gasteiger partial charge in [-0.15, -0.1) is 0 Å². The fourth-order valence-corrected chi connectivity index (χ4v) is 3.20. The molecule has 134 valence electrons. The van der Waals surface area contributed by atoms with Crippen LogP contribution in [0.5, 0.6) is 5.75 Å². The van der Waals surface area contributed by atoms with E-state index in [2.05, 4.69) is 31.4 Å². The van der Waals surface area contributed by atoms with Gasteiger partial charge in [0.2, 0.25) is 0 Å². The second-order valence-electron chi connectivity index (χ2n) is 5.89. The van der Waals surface area contributed by atoms with E-state index in [9.17, 15) is 0 Å². The summed E-state index contributed by atoms with van der Waals surface area (Å²) in [6.07, 6.45) is 3.55. The molecule has 1 aromatic heterocycles. The standard InChI is InChI=1S/C21H17BrN4O/c1-2-27-17-8-5-14(6-9-17)21-24-19-10-7-16(22)12-18(19)20(25-26-21)15-4-3-11-23-13-15/h3-13H,2H2,1H3,(H,24,26). The van der Waals surface area contributed by atoms with E-state index in [0.717, 1.165) is 38.3 Å². The second kappa shape index (κ2) is 7.72. The Labute approximate surface area is 166 Å². The van der Waals surface area contributed by atoms with Gasteiger partial charge in [-0.3, -0.25) is 10.4 Å². The minimum atomic E-state index is 0.638. The van der Waals surface area contributed by atoms with Crippen molar-refractivity contribution in [3.8, 4) is 5.75 Å². The van der Waals surface area contributed by atoms with Crippen LogP contribution in [0, 0.1) is 0 Å². The minimum Gasteiger partial charge on any atom is -0.494 e. The fraction of sp³-hybridized carbons (Fsp3) is 0.0952. The Morgan fingerprint density at radius 3 is 2.63 bits per heavy atom. The summed E-state index contributed by atoms with van der Waals surface area (Å²) in [6, 6.07) is 17.7. The lowest BCUT2D eigenvalue weighted by atomic mass is 10.0. The fourth-order valence-electron chi connectivity index (χ4n) is 2.84. The maximum absolute atomic E-state index is 5.52. The molecule has 6 heteroatoms. The number of pyridine rings is 1. The molecule has 0 bridgehead atoms. The number of hydrazone groups is 1. The van der Waals surface area contributed by atoms with Gasteiger partial charge in [-0.25, -0.2) is 4.99 Å². The topological polar surface area (TPSA) is 58.9 Å². The Bertz CT molecular complexity index is 1010. The highest BCUT2D eigenvalue weighted by Gasteiger charge is 2.17. The molecular formula is C21H17BrN4O. The number of halogens is 1. The summed E-state index contributed by atoms with van der Waals surface area (Å²) in [5.41, 5.74) is 7.55. The van der Waals surface area contributed by atoms with Crippen molar-refractivity contribution in [2.24, 2.45) is 10.1 Å². The summed E-state index contributed by atoms with van der Waals surface area (Å²) in [7, 11) is 0. The van der Waals surface area contributed by atoms with Crippen molar-refractivity contribution in [1.29, 1.82) is 0 Å². The van der Waals surface area contributed by atoms with E-state index < -0.39 is 0 Å². The molecule has 3 aromatic rings. The average Bonchev–Trinajstić information content (AvgIpc) is 2.89. The smallest absolute Gasteiger partial charge is 0.154 e. The molecule has 0 saturated carbocycles. The largest absolute Gasteiger partial charge is 0.494 e. The molecule has 4 rings (SSSR count). The van der Waals surface area contributed by atoms with Gasteiger partial charge in [0.1, 0.15) is 11.5 Å². The molecule has 5 nitrogen and oxygen atoms in total. The van der Waals surface area contributed by atoms with Gasteiger partial charge in [-0.05, 0) is 61.5 Å². The lowest BCUT2D eigenvalue weighted by molar-refractivity contribution is 0.340. The van der Waals surface area contributed by atoms with Gasteiger partial charge in [0.05, 0.1) is 12.3 Å². The Hall–Kier alpha value is -2.99. The number of rotatable bonds is 4. The molecule has 1 aliphatic heterocycles. The van der Waals surface area contributed by atoms with E-state index in [1.165, 1.54) is 0 Å². The van der Waals surface area contributed by atoms with Crippen molar-refractivity contribution in [1.82, 2.24) is 10.4 Å². The Kier molecular flexibility index (Phi) is 4.98. The maximum Gasteiger partial charge on any atom is 0.154 e. The van der Waals surface area contributed by atoms with Crippen molar-refractivity contribution in [3.63, 3.8) is 0 Å². The molecule has 0 fully saturated rings. The molecule has 0 radical (unpaired) electrons. The van der Waals surface area contributed by atoms with E-state index >= 15 is 0 Å². The van der Waals surface area contributed by atoms with Crippen LogP contribution >= 0.6 is 15.9 Å². The van der Waals surface area contributed by atoms with Gasteiger partial charge in [0.15, 0.2) is 5.84 Å². The van der Waals surface area contributed by atoms with Gasteiger partial charge in [-0.1, -0.05) is 15.9 Å². The first-order valence-corrected chi connectivity index (χ1v) is 9.40. The van der Waals surface area contributed by atoms with E-state index in [1.54, 1.807) is 12.4 Å². The summed E-state index contributed by atoms with van der Waals surface area (Å²) in [4.78, 5) is 9.03. The van der Waals surface area contributed by atoms with Crippen LogP contribution in [-0.4, -0.2) is 23.1 Å². The van der Waals surface area contributed by atoms with E-state index in [-0.39, 0.29) is 0 Å². The summed E-state index contributed by atoms with van der Waals surface area (Å²) >= 11 is 3.55. The summed E-state index contributed by atoms with van der Waals surface area (Å²) in [6.45, 7) is 2.61. The molecule has 0 saturated heterocycles. The lowest BCUT2D eigenvalue weighted by Gasteiger charge is -2.07. The lowest BCUT2D eigenvalue weighted by Crippen LogP contribution is -2.19. The highest BCUT2D eigenvalue weighted by Crippen LogP contribution is 2.28. The molecule has 2 heterocycles. The van der Waals surface area contributed by atoms with Crippen LogP contribution < -0.4 is 10.2 Å². The second-order valence-corrected chi connectivity index (χ2v) is 6.81. The third-order valence-corrected chi connectivity index (χ3v) is 4.59. The SMILES string of the molecule is CCOc1ccc(C2=Nc3ccc(Br)cc3C(c3cccnc3)=NN2)cc1. The van der Waals surface area contributed by atoms with Crippen molar-refractivity contribution in [2.75, 3.05) is 6.61 Å². The number of benzene rings is 2. The number of nitrogens with one attached hydrogen (secondary N) is 1. The molecule has 0 aliphatic carbocycles. The molecule has 1 N–H and O–H groups in total. The molecule has 0 atom stereocenters. The Morgan fingerprint density at radius 2 is 1.89 bits per heavy atom. The number of hydrogen-bond donors (Lipinski definition) is 1. The zero-order valence-electron chi connectivity index (χ0n) is 14.7. The van der Waals surface area contributed by atoms with Crippen molar-refractivity contribution >= 4 is 33.2 Å². The van der Waals surface area contributed by atoms with Crippen LogP contribution in [0.4, 0.5) is 5.69 Å². The first-order valence-electron chi connectivity index (χ1n) is 8.60. The van der Waals surface area contributed by atoms with Gasteiger partial charge >= 0.3 is 0 Å². The molecule has 1 aliphatic rings. The zero-order valence-corrected chi connectivity index (χ0v) is 16.3. The highest BCUT2D eigenvalue weighted by molar-refractivity contribution is 9.10. The molecule has 2 aromatic carbocycles. The van der Waals surface area contributed by atoms with Crippen molar-refractivity contribution < 1.29 is 4.74 Å². The van der Waals surface area contributed by atoms with Gasteiger partial charge in [0, 0.05) is 33.6 Å². The number of amidine groups is 1. The molecule has 0 amide bonds. The maximum atomic E-state index is 5.52. The Balaban J connectivity index is 1.79. The summed E-state index contributed by atoms with van der Waals surface area (Å²) < 4.78 is 6.49. The van der Waals surface area contributed by atoms with Crippen molar-refractivity contribution in [2.45, 2.75) is 6.92 Å². The highest BCUT2D eigenvalue weighted by atomic mass is 79.9. The number of aromatic nitrogens is 1. The predicted octanol–water partition coefficient (Wildman–Crippen LogP) is 4.68. The minimum absolute atomic E-state index is 0.638. The van der Waals surface area contributed by atoms with Crippen LogP contribution in [0.15, 0.2) is 81.6 Å². The van der Waals surface area contributed by atoms with E-state index in [1.807, 2.05) is 61.5 Å². The molecular weight excluding hydrogens is 404 g/mol. The molecule has 27 heavy (non-hydrogen) atoms. The van der Waals surface area contributed by atoms with Gasteiger partial charge < -0.3 is 4.74 Å². The van der Waals surface area contributed by atoms with Crippen LogP contribution in [0.3, 0.4) is 0 Å². The Morgan fingerprint density at radius 1 is 1.04 bits per heavy atom.